The Bertz CT molecular complexity index is 569. The molecule has 5 heteroatoms. The van der Waals surface area contributed by atoms with Gasteiger partial charge in [-0.1, -0.05) is 41.4 Å². The molecule has 1 aromatic heterocycles. The lowest BCUT2D eigenvalue weighted by Gasteiger charge is -2.07. The van der Waals surface area contributed by atoms with Crippen LogP contribution in [0.1, 0.15) is 10.4 Å². The lowest BCUT2D eigenvalue weighted by atomic mass is 10.1. The molecule has 0 atom stereocenters. The van der Waals surface area contributed by atoms with Crippen LogP contribution in [0.5, 0.6) is 0 Å². The number of rotatable bonds is 1. The molecule has 1 aromatic carbocycles. The Labute approximate surface area is 102 Å². The minimum Gasteiger partial charge on any atom is -0.465 e. The Kier molecular flexibility index (Phi) is 2.99. The molecule has 0 amide bonds. The summed E-state index contributed by atoms with van der Waals surface area (Å²) < 4.78 is 4.60. The minimum absolute atomic E-state index is 0.0514. The number of methoxy groups -OCH3 is 1. The van der Waals surface area contributed by atoms with E-state index in [0.717, 1.165) is 0 Å². The van der Waals surface area contributed by atoms with E-state index in [1.54, 1.807) is 12.1 Å². The van der Waals surface area contributed by atoms with Gasteiger partial charge in [0.15, 0.2) is 0 Å². The van der Waals surface area contributed by atoms with Gasteiger partial charge in [0.2, 0.25) is 0 Å². The molecule has 0 bridgehead atoms. The summed E-state index contributed by atoms with van der Waals surface area (Å²) in [6.45, 7) is 0. The number of para-hydroxylation sites is 1. The Balaban J connectivity index is 2.80. The van der Waals surface area contributed by atoms with Crippen LogP contribution >= 0.6 is 23.2 Å². The van der Waals surface area contributed by atoms with Gasteiger partial charge in [0.05, 0.1) is 17.6 Å². The van der Waals surface area contributed by atoms with Crippen molar-refractivity contribution in [1.29, 1.82) is 0 Å². The van der Waals surface area contributed by atoms with Crippen LogP contribution in [0.25, 0.3) is 10.9 Å². The number of carbonyl (C=O) groups is 1. The van der Waals surface area contributed by atoms with Crippen molar-refractivity contribution in [2.45, 2.75) is 0 Å². The summed E-state index contributed by atoms with van der Waals surface area (Å²) in [5.41, 5.74) is 0.745. The number of pyridine rings is 1. The first-order valence-corrected chi connectivity index (χ1v) is 5.22. The van der Waals surface area contributed by atoms with Gasteiger partial charge in [0.1, 0.15) is 10.7 Å². The quantitative estimate of drug-likeness (QED) is 0.580. The molecule has 2 aromatic rings. The summed E-state index contributed by atoms with van der Waals surface area (Å²) in [6, 6.07) is 7.17. The van der Waals surface area contributed by atoms with E-state index in [9.17, 15) is 4.79 Å². The zero-order chi connectivity index (χ0) is 11.7. The number of aromatic nitrogens is 1. The Morgan fingerprint density at radius 3 is 2.69 bits per heavy atom. The highest BCUT2D eigenvalue weighted by atomic mass is 35.5. The number of halogens is 2. The van der Waals surface area contributed by atoms with Gasteiger partial charge in [-0.25, -0.2) is 9.78 Å². The lowest BCUT2D eigenvalue weighted by Crippen LogP contribution is -2.05. The number of hydrogen-bond donors (Lipinski definition) is 0. The molecule has 0 aliphatic heterocycles. The number of carbonyl (C=O) groups excluding carboxylic acids is 1. The van der Waals surface area contributed by atoms with Crippen LogP contribution in [0.2, 0.25) is 10.2 Å². The fourth-order valence-electron chi connectivity index (χ4n) is 1.42. The van der Waals surface area contributed by atoms with Gasteiger partial charge in [0.25, 0.3) is 0 Å². The number of esters is 1. The normalized spacial score (nSPS) is 10.4. The van der Waals surface area contributed by atoms with Crippen molar-refractivity contribution >= 4 is 40.1 Å². The largest absolute Gasteiger partial charge is 0.465 e. The number of fused-ring (bicyclic) bond motifs is 1. The third-order valence-electron chi connectivity index (χ3n) is 2.17. The zero-order valence-electron chi connectivity index (χ0n) is 8.33. The topological polar surface area (TPSA) is 39.2 Å². The lowest BCUT2D eigenvalue weighted by molar-refractivity contribution is 0.0601. The summed E-state index contributed by atoms with van der Waals surface area (Å²) in [6.07, 6.45) is 0. The first kappa shape index (κ1) is 11.2. The third kappa shape index (κ3) is 1.72. The molecule has 0 fully saturated rings. The highest BCUT2D eigenvalue weighted by Crippen LogP contribution is 2.30. The van der Waals surface area contributed by atoms with Gasteiger partial charge in [-0.3, -0.25) is 0 Å². The highest BCUT2D eigenvalue weighted by molar-refractivity contribution is 6.42. The van der Waals surface area contributed by atoms with Gasteiger partial charge < -0.3 is 4.74 Å². The van der Waals surface area contributed by atoms with Crippen LogP contribution in [-0.2, 0) is 4.74 Å². The number of hydrogen-bond acceptors (Lipinski definition) is 3. The predicted octanol–water partition coefficient (Wildman–Crippen LogP) is 3.33. The average Bonchev–Trinajstić information content (AvgIpc) is 2.28. The predicted molar refractivity (Wildman–Crippen MR) is 63.1 cm³/mol. The third-order valence-corrected chi connectivity index (χ3v) is 2.84. The molecule has 1 heterocycles. The van der Waals surface area contributed by atoms with Gasteiger partial charge in [-0.15, -0.1) is 0 Å². The van der Waals surface area contributed by atoms with Crippen LogP contribution in [0.4, 0.5) is 0 Å². The van der Waals surface area contributed by atoms with Crippen LogP contribution in [0.15, 0.2) is 24.3 Å². The molecule has 0 saturated heterocycles. The Hall–Kier alpha value is -1.32. The van der Waals surface area contributed by atoms with E-state index in [2.05, 4.69) is 9.72 Å². The smallest absolute Gasteiger partial charge is 0.342 e. The molecule has 3 nitrogen and oxygen atoms in total. The van der Waals surface area contributed by atoms with Crippen molar-refractivity contribution in [3.05, 3.63) is 40.0 Å². The van der Waals surface area contributed by atoms with Gasteiger partial charge >= 0.3 is 5.97 Å². The zero-order valence-corrected chi connectivity index (χ0v) is 9.84. The van der Waals surface area contributed by atoms with Crippen molar-refractivity contribution in [2.75, 3.05) is 7.11 Å². The maximum Gasteiger partial charge on any atom is 0.342 e. The maximum atomic E-state index is 11.5. The molecule has 0 N–H and O–H groups in total. The fourth-order valence-corrected chi connectivity index (χ4v) is 2.06. The van der Waals surface area contributed by atoms with Crippen molar-refractivity contribution in [3.63, 3.8) is 0 Å². The van der Waals surface area contributed by atoms with Gasteiger partial charge in [-0.2, -0.15) is 0 Å². The molecule has 0 saturated carbocycles. The Morgan fingerprint density at radius 2 is 2.00 bits per heavy atom. The van der Waals surface area contributed by atoms with Crippen LogP contribution in [0, 0.1) is 0 Å². The summed E-state index contributed by atoms with van der Waals surface area (Å²) in [5, 5.41) is 0.993. The van der Waals surface area contributed by atoms with Gasteiger partial charge in [0, 0.05) is 5.39 Å². The van der Waals surface area contributed by atoms with E-state index in [4.69, 9.17) is 23.2 Å². The van der Waals surface area contributed by atoms with Crippen molar-refractivity contribution in [3.8, 4) is 0 Å². The molecule has 0 aliphatic rings. The maximum absolute atomic E-state index is 11.5. The number of benzene rings is 1. The molecule has 16 heavy (non-hydrogen) atoms. The summed E-state index contributed by atoms with van der Waals surface area (Å²) >= 11 is 12.0. The molecule has 2 rings (SSSR count). The number of nitrogens with zero attached hydrogens (tertiary/aromatic N) is 1. The monoisotopic (exact) mass is 255 g/mol. The Morgan fingerprint density at radius 1 is 1.31 bits per heavy atom. The highest BCUT2D eigenvalue weighted by Gasteiger charge is 2.19. The van der Waals surface area contributed by atoms with Crippen LogP contribution in [0.3, 0.4) is 0 Å². The molecule has 82 valence electrons. The standard InChI is InChI=1S/C11H7Cl2NO2/c1-16-11(15)8-9(12)6-4-2-3-5-7(6)14-10(8)13/h2-5H,1H3. The van der Waals surface area contributed by atoms with E-state index in [1.165, 1.54) is 7.11 Å². The molecular weight excluding hydrogens is 249 g/mol. The summed E-state index contributed by atoms with van der Waals surface area (Å²) in [5.74, 6) is -0.590. The van der Waals surface area contributed by atoms with Gasteiger partial charge in [-0.05, 0) is 6.07 Å². The molecule has 0 aliphatic carbocycles. The van der Waals surface area contributed by atoms with Crippen molar-refractivity contribution in [1.82, 2.24) is 4.98 Å². The molecular formula is C11H7Cl2NO2. The second kappa shape index (κ2) is 4.28. The van der Waals surface area contributed by atoms with E-state index in [1.807, 2.05) is 12.1 Å². The van der Waals surface area contributed by atoms with E-state index < -0.39 is 5.97 Å². The molecule has 0 radical (unpaired) electrons. The minimum atomic E-state index is -0.590. The first-order chi connectivity index (χ1) is 7.65. The van der Waals surface area contributed by atoms with E-state index in [-0.39, 0.29) is 15.7 Å². The average molecular weight is 256 g/mol. The van der Waals surface area contributed by atoms with Crippen LogP contribution in [-0.4, -0.2) is 18.1 Å². The summed E-state index contributed by atoms with van der Waals surface area (Å²) in [4.78, 5) is 15.6. The first-order valence-electron chi connectivity index (χ1n) is 4.47. The van der Waals surface area contributed by atoms with Crippen LogP contribution < -0.4 is 0 Å². The van der Waals surface area contributed by atoms with Crippen molar-refractivity contribution in [2.24, 2.45) is 0 Å². The van der Waals surface area contributed by atoms with Crippen molar-refractivity contribution < 1.29 is 9.53 Å². The fraction of sp³-hybridized carbons (Fsp3) is 0.0909. The molecule has 0 spiro atoms. The second-order valence-corrected chi connectivity index (χ2v) is 3.84. The van der Waals surface area contributed by atoms with E-state index in [0.29, 0.717) is 10.9 Å². The number of ether oxygens (including phenoxy) is 1. The van der Waals surface area contributed by atoms with E-state index >= 15 is 0 Å². The second-order valence-electron chi connectivity index (χ2n) is 3.10. The SMILES string of the molecule is COC(=O)c1c(Cl)nc2ccccc2c1Cl. The molecule has 0 unspecified atom stereocenters. The summed E-state index contributed by atoms with van der Waals surface area (Å²) in [7, 11) is 1.27.